The standard InChI is InChI=1S/C22H32F3NO5/c1-2-3-4-5-6-7-8-9-10-11-16-31-21(28)19(20(27)22(23,24)25)17-12-14-18(15-13-17)26(29)30/h12-15,27,29-30H,2-11,16H2,1H3/p-1/b20-19-. The molecule has 0 amide bonds. The number of allylic oxidation sites excluding steroid dienone is 1. The molecule has 1 rings (SSSR count). The van der Waals surface area contributed by atoms with Crippen LogP contribution in [0.15, 0.2) is 30.0 Å². The maximum Gasteiger partial charge on any atom is 0.403 e. The maximum absolute atomic E-state index is 12.9. The van der Waals surface area contributed by atoms with Gasteiger partial charge in [0.25, 0.3) is 0 Å². The maximum atomic E-state index is 12.9. The Morgan fingerprint density at radius 1 is 0.935 bits per heavy atom. The molecule has 0 atom stereocenters. The van der Waals surface area contributed by atoms with Crippen LogP contribution in [0.4, 0.5) is 18.9 Å². The highest BCUT2D eigenvalue weighted by atomic mass is 19.4. The summed E-state index contributed by atoms with van der Waals surface area (Å²) in [5, 5.41) is 29.3. The summed E-state index contributed by atoms with van der Waals surface area (Å²) in [6.07, 6.45) is 5.31. The van der Waals surface area contributed by atoms with Gasteiger partial charge in [0, 0.05) is 0 Å². The molecule has 9 heteroatoms. The quantitative estimate of drug-likeness (QED) is 0.131. The van der Waals surface area contributed by atoms with E-state index >= 15 is 0 Å². The molecule has 0 bridgehead atoms. The van der Waals surface area contributed by atoms with Crippen molar-refractivity contribution in [3.63, 3.8) is 0 Å². The number of unbranched alkanes of at least 4 members (excludes halogenated alkanes) is 9. The second-order valence-electron chi connectivity index (χ2n) is 7.36. The van der Waals surface area contributed by atoms with Crippen LogP contribution < -0.4 is 10.3 Å². The van der Waals surface area contributed by atoms with E-state index in [2.05, 4.69) is 6.92 Å². The number of halogens is 3. The number of anilines is 1. The minimum atomic E-state index is -5.25. The second kappa shape index (κ2) is 13.9. The molecule has 6 nitrogen and oxygen atoms in total. The van der Waals surface area contributed by atoms with E-state index in [1.807, 2.05) is 0 Å². The molecule has 0 aliphatic rings. The van der Waals surface area contributed by atoms with Gasteiger partial charge < -0.3 is 9.84 Å². The van der Waals surface area contributed by atoms with Gasteiger partial charge in [-0.1, -0.05) is 76.8 Å². The van der Waals surface area contributed by atoms with Crippen LogP contribution in [-0.4, -0.2) is 29.2 Å². The molecule has 0 spiro atoms. The molecule has 0 saturated carbocycles. The zero-order valence-electron chi connectivity index (χ0n) is 17.8. The average Bonchev–Trinajstić information content (AvgIpc) is 2.71. The molecule has 1 aromatic rings. The number of benzene rings is 1. The number of alkyl halides is 3. The molecule has 0 aliphatic heterocycles. The van der Waals surface area contributed by atoms with Crippen molar-refractivity contribution in [1.29, 1.82) is 0 Å². The fraction of sp³-hybridized carbons (Fsp3) is 0.591. The summed E-state index contributed by atoms with van der Waals surface area (Å²) in [6.45, 7) is 2.09. The molecule has 31 heavy (non-hydrogen) atoms. The van der Waals surface area contributed by atoms with Gasteiger partial charge in [0.2, 0.25) is 0 Å². The first-order chi connectivity index (χ1) is 14.7. The van der Waals surface area contributed by atoms with Crippen LogP contribution in [0.5, 0.6) is 0 Å². The monoisotopic (exact) mass is 446 g/mol. The smallest absolute Gasteiger partial charge is 0.403 e. The minimum Gasteiger partial charge on any atom is -0.869 e. The minimum absolute atomic E-state index is 0.0802. The molecule has 0 saturated heterocycles. The number of nitrogens with zero attached hydrogens (tertiary/aromatic N) is 1. The Kier molecular flexibility index (Phi) is 12.0. The average molecular weight is 446 g/mol. The van der Waals surface area contributed by atoms with Crippen molar-refractivity contribution in [3.8, 4) is 0 Å². The highest BCUT2D eigenvalue weighted by Gasteiger charge is 2.32. The summed E-state index contributed by atoms with van der Waals surface area (Å²) >= 11 is 0. The van der Waals surface area contributed by atoms with E-state index in [-0.39, 0.29) is 23.1 Å². The summed E-state index contributed by atoms with van der Waals surface area (Å²) in [6, 6.07) is 4.12. The summed E-state index contributed by atoms with van der Waals surface area (Å²) in [5.41, 5.74) is -1.60. The number of carbonyl (C=O) groups is 1. The third-order valence-corrected chi connectivity index (χ3v) is 4.81. The van der Waals surface area contributed by atoms with Gasteiger partial charge in [-0.3, -0.25) is 10.4 Å². The van der Waals surface area contributed by atoms with Gasteiger partial charge in [-0.05, 0) is 29.9 Å². The van der Waals surface area contributed by atoms with Crippen molar-refractivity contribution in [2.75, 3.05) is 11.8 Å². The number of ether oxygens (including phenoxy) is 1. The Balaban J connectivity index is 2.55. The van der Waals surface area contributed by atoms with Crippen molar-refractivity contribution in [2.24, 2.45) is 0 Å². The Hall–Kier alpha value is -2.26. The highest BCUT2D eigenvalue weighted by molar-refractivity contribution is 6.17. The first kappa shape index (κ1) is 26.8. The van der Waals surface area contributed by atoms with Crippen LogP contribution in [0.2, 0.25) is 0 Å². The van der Waals surface area contributed by atoms with Crippen LogP contribution in [0.3, 0.4) is 0 Å². The lowest BCUT2D eigenvalue weighted by molar-refractivity contribution is -0.358. The molecule has 176 valence electrons. The number of hydrogen-bond donors (Lipinski definition) is 2. The van der Waals surface area contributed by atoms with Crippen LogP contribution in [0.25, 0.3) is 5.57 Å². The zero-order valence-corrected chi connectivity index (χ0v) is 17.8. The lowest BCUT2D eigenvalue weighted by Crippen LogP contribution is -2.27. The molecule has 0 unspecified atom stereocenters. The predicted molar refractivity (Wildman–Crippen MR) is 108 cm³/mol. The van der Waals surface area contributed by atoms with Crippen LogP contribution in [0.1, 0.15) is 76.7 Å². The molecule has 0 radical (unpaired) electrons. The third-order valence-electron chi connectivity index (χ3n) is 4.81. The van der Waals surface area contributed by atoms with E-state index in [1.54, 1.807) is 0 Å². The summed E-state index contributed by atoms with van der Waals surface area (Å²) in [5.74, 6) is -3.66. The van der Waals surface area contributed by atoms with Gasteiger partial charge in [-0.2, -0.15) is 13.2 Å². The summed E-state index contributed by atoms with van der Waals surface area (Å²) < 4.78 is 43.8. The first-order valence-electron chi connectivity index (χ1n) is 10.6. The van der Waals surface area contributed by atoms with Gasteiger partial charge >= 0.3 is 12.1 Å². The fourth-order valence-corrected chi connectivity index (χ4v) is 3.07. The summed E-state index contributed by atoms with van der Waals surface area (Å²) in [7, 11) is 0. The molecule has 0 aromatic heterocycles. The number of carbonyl (C=O) groups excluding carboxylic acids is 1. The fourth-order valence-electron chi connectivity index (χ4n) is 3.07. The molecule has 1 aromatic carbocycles. The van der Waals surface area contributed by atoms with E-state index in [1.165, 1.54) is 32.1 Å². The SMILES string of the molecule is CCCCCCCCCCCCOC(=O)/C(=C(\[O-])C(F)(F)F)c1ccc(N(O)O)cc1. The van der Waals surface area contributed by atoms with E-state index in [9.17, 15) is 23.1 Å². The Morgan fingerprint density at radius 2 is 1.42 bits per heavy atom. The largest absolute Gasteiger partial charge is 0.869 e. The van der Waals surface area contributed by atoms with E-state index in [4.69, 9.17) is 15.2 Å². The number of hydrogen-bond acceptors (Lipinski definition) is 6. The molecule has 2 N–H and O–H groups in total. The zero-order chi connectivity index (χ0) is 23.3. The van der Waals surface area contributed by atoms with Gasteiger partial charge in [0.15, 0.2) is 0 Å². The number of rotatable bonds is 14. The molecule has 0 aliphatic carbocycles. The van der Waals surface area contributed by atoms with E-state index < -0.39 is 23.5 Å². The third kappa shape index (κ3) is 10.1. The Morgan fingerprint density at radius 3 is 1.87 bits per heavy atom. The molecule has 0 fully saturated rings. The van der Waals surface area contributed by atoms with E-state index in [0.717, 1.165) is 49.9 Å². The van der Waals surface area contributed by atoms with Gasteiger partial charge in [-0.15, -0.1) is 5.23 Å². The topological polar surface area (TPSA) is 93.1 Å². The van der Waals surface area contributed by atoms with Crippen molar-refractivity contribution in [1.82, 2.24) is 0 Å². The van der Waals surface area contributed by atoms with Crippen molar-refractivity contribution in [2.45, 2.75) is 77.3 Å². The molecular formula is C22H31F3NO5-. The summed E-state index contributed by atoms with van der Waals surface area (Å²) in [4.78, 5) is 12.2. The Bertz CT molecular complexity index is 687. The Labute approximate surface area is 180 Å². The number of esters is 1. The van der Waals surface area contributed by atoms with Crippen LogP contribution >= 0.6 is 0 Å². The first-order valence-corrected chi connectivity index (χ1v) is 10.6. The van der Waals surface area contributed by atoms with Gasteiger partial charge in [0.05, 0.1) is 17.9 Å². The van der Waals surface area contributed by atoms with E-state index in [0.29, 0.717) is 6.42 Å². The van der Waals surface area contributed by atoms with Crippen LogP contribution in [-0.2, 0) is 9.53 Å². The lowest BCUT2D eigenvalue weighted by atomic mass is 10.0. The van der Waals surface area contributed by atoms with Crippen LogP contribution in [0, 0.1) is 0 Å². The van der Waals surface area contributed by atoms with Crippen molar-refractivity contribution < 1.29 is 38.2 Å². The van der Waals surface area contributed by atoms with Gasteiger partial charge in [-0.25, -0.2) is 4.79 Å². The molecular weight excluding hydrogens is 415 g/mol. The second-order valence-corrected chi connectivity index (χ2v) is 7.36. The van der Waals surface area contributed by atoms with Gasteiger partial charge in [0.1, 0.15) is 0 Å². The highest BCUT2D eigenvalue weighted by Crippen LogP contribution is 2.30. The normalized spacial score (nSPS) is 12.5. The molecule has 0 heterocycles. The van der Waals surface area contributed by atoms with Crippen molar-refractivity contribution in [3.05, 3.63) is 35.6 Å². The predicted octanol–water partition coefficient (Wildman–Crippen LogP) is 5.37. The lowest BCUT2D eigenvalue weighted by Gasteiger charge is -2.21. The van der Waals surface area contributed by atoms with Crippen molar-refractivity contribution >= 4 is 17.2 Å².